The molecule has 0 fully saturated rings. The highest BCUT2D eigenvalue weighted by Gasteiger charge is 2.08. The Morgan fingerprint density at radius 2 is 1.77 bits per heavy atom. The van der Waals surface area contributed by atoms with Crippen molar-refractivity contribution in [1.29, 1.82) is 0 Å². The molecule has 0 unspecified atom stereocenters. The molecule has 0 saturated heterocycles. The van der Waals surface area contributed by atoms with Gasteiger partial charge in [-0.3, -0.25) is 4.79 Å². The molecule has 0 aliphatic rings. The third-order valence-electron chi connectivity index (χ3n) is 5.26. The van der Waals surface area contributed by atoms with E-state index in [1.165, 1.54) is 11.1 Å². The first-order valence-electron chi connectivity index (χ1n) is 10.2. The molecular formula is C26H25N3O2. The number of rotatable bonds is 7. The van der Waals surface area contributed by atoms with Gasteiger partial charge in [-0.25, -0.2) is 5.43 Å². The first kappa shape index (κ1) is 20.4. The highest BCUT2D eigenvalue weighted by atomic mass is 16.5. The minimum atomic E-state index is -0.303. The minimum Gasteiger partial charge on any atom is -0.484 e. The maximum Gasteiger partial charge on any atom is 0.277 e. The molecule has 156 valence electrons. The van der Waals surface area contributed by atoms with E-state index in [0.29, 0.717) is 5.75 Å². The number of carbonyl (C=O) groups is 1. The van der Waals surface area contributed by atoms with Crippen LogP contribution >= 0.6 is 0 Å². The van der Waals surface area contributed by atoms with Crippen LogP contribution in [-0.4, -0.2) is 23.3 Å². The van der Waals surface area contributed by atoms with Crippen LogP contribution in [0, 0.1) is 13.8 Å². The van der Waals surface area contributed by atoms with Crippen LogP contribution in [0.15, 0.2) is 84.1 Å². The molecule has 5 nitrogen and oxygen atoms in total. The predicted octanol–water partition coefficient (Wildman–Crippen LogP) is 4.84. The monoisotopic (exact) mass is 411 g/mol. The zero-order valence-corrected chi connectivity index (χ0v) is 17.7. The molecule has 0 bridgehead atoms. The first-order valence-corrected chi connectivity index (χ1v) is 10.2. The number of aromatic nitrogens is 1. The maximum atomic E-state index is 12.1. The summed E-state index contributed by atoms with van der Waals surface area (Å²) in [7, 11) is 0. The van der Waals surface area contributed by atoms with Crippen molar-refractivity contribution in [2.24, 2.45) is 5.10 Å². The van der Waals surface area contributed by atoms with Crippen molar-refractivity contribution >= 4 is 23.0 Å². The van der Waals surface area contributed by atoms with Crippen LogP contribution in [0.3, 0.4) is 0 Å². The van der Waals surface area contributed by atoms with E-state index >= 15 is 0 Å². The number of nitrogens with zero attached hydrogens (tertiary/aromatic N) is 2. The quantitative estimate of drug-likeness (QED) is 0.350. The standard InChI is InChI=1S/C26H25N3O2/c1-19-12-13-23(14-20(19)2)31-18-26(30)28-27-15-22-17-29(16-21-8-4-3-5-9-21)25-11-7-6-10-24(22)25/h3-15,17H,16,18H2,1-2H3,(H,28,30)/b27-15+. The fourth-order valence-electron chi connectivity index (χ4n) is 3.45. The van der Waals surface area contributed by atoms with Gasteiger partial charge in [0.25, 0.3) is 5.91 Å². The highest BCUT2D eigenvalue weighted by molar-refractivity contribution is 5.99. The van der Waals surface area contributed by atoms with Crippen molar-refractivity contribution in [3.05, 3.63) is 101 Å². The summed E-state index contributed by atoms with van der Waals surface area (Å²) in [4.78, 5) is 12.1. The number of nitrogens with one attached hydrogen (secondary N) is 1. The Morgan fingerprint density at radius 1 is 1.00 bits per heavy atom. The topological polar surface area (TPSA) is 55.6 Å². The van der Waals surface area contributed by atoms with E-state index in [-0.39, 0.29) is 12.5 Å². The second-order valence-corrected chi connectivity index (χ2v) is 7.54. The van der Waals surface area contributed by atoms with Gasteiger partial charge < -0.3 is 9.30 Å². The van der Waals surface area contributed by atoms with Crippen LogP contribution in [0.2, 0.25) is 0 Å². The van der Waals surface area contributed by atoms with E-state index in [4.69, 9.17) is 4.74 Å². The zero-order chi connectivity index (χ0) is 21.6. The smallest absolute Gasteiger partial charge is 0.277 e. The van der Waals surface area contributed by atoms with E-state index < -0.39 is 0 Å². The molecule has 1 N–H and O–H groups in total. The number of fused-ring (bicyclic) bond motifs is 1. The Kier molecular flexibility index (Phi) is 6.13. The van der Waals surface area contributed by atoms with Crippen LogP contribution in [0.5, 0.6) is 5.75 Å². The lowest BCUT2D eigenvalue weighted by molar-refractivity contribution is -0.123. The number of carbonyl (C=O) groups excluding carboxylic acids is 1. The summed E-state index contributed by atoms with van der Waals surface area (Å²) in [5.74, 6) is 0.369. The molecule has 0 saturated carbocycles. The van der Waals surface area contributed by atoms with Gasteiger partial charge in [0, 0.05) is 29.2 Å². The van der Waals surface area contributed by atoms with Crippen molar-refractivity contribution < 1.29 is 9.53 Å². The molecule has 1 aromatic heterocycles. The first-order chi connectivity index (χ1) is 15.1. The van der Waals surface area contributed by atoms with Gasteiger partial charge in [0.1, 0.15) is 5.75 Å². The van der Waals surface area contributed by atoms with Crippen LogP contribution < -0.4 is 10.2 Å². The Hall–Kier alpha value is -3.86. The molecule has 4 aromatic rings. The summed E-state index contributed by atoms with van der Waals surface area (Å²) >= 11 is 0. The minimum absolute atomic E-state index is 0.0877. The lowest BCUT2D eigenvalue weighted by Gasteiger charge is -2.07. The molecule has 4 rings (SSSR count). The molecular weight excluding hydrogens is 386 g/mol. The summed E-state index contributed by atoms with van der Waals surface area (Å²) in [5.41, 5.74) is 8.16. The van der Waals surface area contributed by atoms with Gasteiger partial charge in [-0.1, -0.05) is 54.6 Å². The Bertz CT molecular complexity index is 1230. The molecule has 31 heavy (non-hydrogen) atoms. The van der Waals surface area contributed by atoms with E-state index in [1.54, 1.807) is 6.21 Å². The molecule has 0 radical (unpaired) electrons. The Morgan fingerprint density at radius 3 is 2.58 bits per heavy atom. The molecule has 1 amide bonds. The molecule has 0 atom stereocenters. The van der Waals surface area contributed by atoms with Crippen LogP contribution in [0.25, 0.3) is 10.9 Å². The normalized spacial score (nSPS) is 11.2. The molecule has 0 spiro atoms. The zero-order valence-electron chi connectivity index (χ0n) is 17.7. The van der Waals surface area contributed by atoms with E-state index in [9.17, 15) is 4.79 Å². The van der Waals surface area contributed by atoms with E-state index in [0.717, 1.165) is 28.6 Å². The maximum absolute atomic E-state index is 12.1. The van der Waals surface area contributed by atoms with Crippen LogP contribution in [-0.2, 0) is 11.3 Å². The van der Waals surface area contributed by atoms with Crippen LogP contribution in [0.1, 0.15) is 22.3 Å². The molecule has 3 aromatic carbocycles. The van der Waals surface area contributed by atoms with Gasteiger partial charge >= 0.3 is 0 Å². The van der Waals surface area contributed by atoms with E-state index in [2.05, 4.69) is 45.6 Å². The van der Waals surface area contributed by atoms with Gasteiger partial charge in [0.2, 0.25) is 0 Å². The Balaban J connectivity index is 1.42. The predicted molar refractivity (Wildman–Crippen MR) is 125 cm³/mol. The van der Waals surface area contributed by atoms with Crippen molar-refractivity contribution in [3.63, 3.8) is 0 Å². The number of benzene rings is 3. The number of aryl methyl sites for hydroxylation is 2. The summed E-state index contributed by atoms with van der Waals surface area (Å²) in [5, 5.41) is 5.22. The van der Waals surface area contributed by atoms with Gasteiger partial charge in [-0.2, -0.15) is 5.10 Å². The number of para-hydroxylation sites is 1. The molecule has 1 heterocycles. The summed E-state index contributed by atoms with van der Waals surface area (Å²) < 4.78 is 7.75. The summed E-state index contributed by atoms with van der Waals surface area (Å²) in [6.07, 6.45) is 3.73. The fourth-order valence-corrected chi connectivity index (χ4v) is 3.45. The van der Waals surface area contributed by atoms with E-state index in [1.807, 2.05) is 62.4 Å². The number of hydrazone groups is 1. The molecule has 5 heteroatoms. The lowest BCUT2D eigenvalue weighted by Crippen LogP contribution is -2.24. The largest absolute Gasteiger partial charge is 0.484 e. The van der Waals surface area contributed by atoms with Gasteiger partial charge in [-0.15, -0.1) is 0 Å². The average Bonchev–Trinajstić information content (AvgIpc) is 3.13. The number of hydrogen-bond donors (Lipinski definition) is 1. The second kappa shape index (κ2) is 9.30. The second-order valence-electron chi connectivity index (χ2n) is 7.54. The average molecular weight is 412 g/mol. The van der Waals surface area contributed by atoms with Gasteiger partial charge in [-0.05, 0) is 48.7 Å². The van der Waals surface area contributed by atoms with Crippen molar-refractivity contribution in [2.75, 3.05) is 6.61 Å². The van der Waals surface area contributed by atoms with Crippen molar-refractivity contribution in [3.8, 4) is 5.75 Å². The van der Waals surface area contributed by atoms with Crippen LogP contribution in [0.4, 0.5) is 0 Å². The fraction of sp³-hybridized carbons (Fsp3) is 0.154. The molecule has 0 aliphatic carbocycles. The number of ether oxygens (including phenoxy) is 1. The summed E-state index contributed by atoms with van der Waals surface area (Å²) in [6, 6.07) is 24.3. The number of hydrogen-bond acceptors (Lipinski definition) is 3. The lowest BCUT2D eigenvalue weighted by atomic mass is 10.1. The van der Waals surface area contributed by atoms with Crippen molar-refractivity contribution in [1.82, 2.24) is 9.99 Å². The third-order valence-corrected chi connectivity index (χ3v) is 5.26. The Labute approximate surface area is 182 Å². The van der Waals surface area contributed by atoms with Gasteiger partial charge in [0.15, 0.2) is 6.61 Å². The van der Waals surface area contributed by atoms with Gasteiger partial charge in [0.05, 0.1) is 6.21 Å². The van der Waals surface area contributed by atoms with Crippen molar-refractivity contribution in [2.45, 2.75) is 20.4 Å². The highest BCUT2D eigenvalue weighted by Crippen LogP contribution is 2.21. The number of amides is 1. The summed E-state index contributed by atoms with van der Waals surface area (Å²) in [6.45, 7) is 4.74. The third kappa shape index (κ3) is 5.01. The molecule has 0 aliphatic heterocycles. The SMILES string of the molecule is Cc1ccc(OCC(=O)N/N=C/c2cn(Cc3ccccc3)c3ccccc23)cc1C.